The van der Waals surface area contributed by atoms with Crippen molar-refractivity contribution in [2.75, 3.05) is 0 Å². The molecule has 2 N–H and O–H groups in total. The predicted molar refractivity (Wildman–Crippen MR) is 25.8 cm³/mol. The molecule has 0 fully saturated rings. The lowest BCUT2D eigenvalue weighted by atomic mass is 10.3. The lowest BCUT2D eigenvalue weighted by molar-refractivity contribution is 0.151. The van der Waals surface area contributed by atoms with Crippen LogP contribution in [0.1, 0.15) is 6.42 Å². The van der Waals surface area contributed by atoms with Crippen molar-refractivity contribution in [3.63, 3.8) is 0 Å². The minimum absolute atomic E-state index is 0.407. The molecule has 2 heteroatoms. The maximum Gasteiger partial charge on any atom is 0.0749 e. The first-order valence-corrected chi connectivity index (χ1v) is 2.33. The summed E-state index contributed by atoms with van der Waals surface area (Å²) in [4.78, 5) is 0. The van der Waals surface area contributed by atoms with Crippen molar-refractivity contribution in [3.05, 3.63) is 12.2 Å². The van der Waals surface area contributed by atoms with Crippen molar-refractivity contribution in [1.82, 2.24) is 0 Å². The molecule has 0 amide bonds. The van der Waals surface area contributed by atoms with Crippen LogP contribution in [0.15, 0.2) is 12.2 Å². The number of aliphatic hydroxyl groups is 2. The third-order valence-electron chi connectivity index (χ3n) is 1.04. The van der Waals surface area contributed by atoms with E-state index in [2.05, 4.69) is 0 Å². The molecule has 1 aliphatic carbocycles. The molecule has 0 spiro atoms. The molecule has 0 bridgehead atoms. The molecule has 2 nitrogen and oxygen atoms in total. The summed E-state index contributed by atoms with van der Waals surface area (Å²) in [6.45, 7) is 0. The van der Waals surface area contributed by atoms with E-state index in [1.165, 1.54) is 0 Å². The predicted octanol–water partition coefficient (Wildman–Crippen LogP) is -0.332. The van der Waals surface area contributed by atoms with Gasteiger partial charge in [-0.3, -0.25) is 0 Å². The minimum atomic E-state index is -0.407. The molecule has 0 heterocycles. The SMILES string of the molecule is O[C@@H]1C=C[C@@H](O)C1. The minimum Gasteiger partial charge on any atom is -0.389 e. The van der Waals surface area contributed by atoms with Crippen LogP contribution in [0.25, 0.3) is 0 Å². The Hall–Kier alpha value is -0.340. The first-order valence-electron chi connectivity index (χ1n) is 2.33. The standard InChI is InChI=1S/C5H8O2/c6-4-1-2-5(7)3-4/h1-2,4-7H,3H2/t4-,5-/m1/s1. The highest BCUT2D eigenvalue weighted by molar-refractivity contribution is 5.02. The van der Waals surface area contributed by atoms with Crippen LogP contribution in [-0.4, -0.2) is 22.4 Å². The second-order valence-corrected chi connectivity index (χ2v) is 1.76. The second-order valence-electron chi connectivity index (χ2n) is 1.76. The van der Waals surface area contributed by atoms with Gasteiger partial charge in [-0.1, -0.05) is 12.2 Å². The van der Waals surface area contributed by atoms with Gasteiger partial charge in [0.05, 0.1) is 12.2 Å². The van der Waals surface area contributed by atoms with Gasteiger partial charge in [-0.15, -0.1) is 0 Å². The van der Waals surface area contributed by atoms with Crippen LogP contribution in [0.2, 0.25) is 0 Å². The Morgan fingerprint density at radius 1 is 1.14 bits per heavy atom. The van der Waals surface area contributed by atoms with Crippen molar-refractivity contribution in [2.24, 2.45) is 0 Å². The molecule has 40 valence electrons. The van der Waals surface area contributed by atoms with Crippen molar-refractivity contribution in [3.8, 4) is 0 Å². The lowest BCUT2D eigenvalue weighted by Gasteiger charge is -1.96. The van der Waals surface area contributed by atoms with Gasteiger partial charge in [0.1, 0.15) is 0 Å². The summed E-state index contributed by atoms with van der Waals surface area (Å²) in [7, 11) is 0. The van der Waals surface area contributed by atoms with Crippen molar-refractivity contribution < 1.29 is 10.2 Å². The topological polar surface area (TPSA) is 40.5 Å². The molecule has 0 unspecified atom stereocenters. The fraction of sp³-hybridized carbons (Fsp3) is 0.600. The van der Waals surface area contributed by atoms with Crippen LogP contribution >= 0.6 is 0 Å². The molecule has 0 aromatic rings. The van der Waals surface area contributed by atoms with Crippen molar-refractivity contribution in [1.29, 1.82) is 0 Å². The Bertz CT molecular complexity index is 78.1. The van der Waals surface area contributed by atoms with Crippen LogP contribution in [0.5, 0.6) is 0 Å². The van der Waals surface area contributed by atoms with E-state index < -0.39 is 12.2 Å². The first-order chi connectivity index (χ1) is 3.29. The Balaban J connectivity index is 2.42. The summed E-state index contributed by atoms with van der Waals surface area (Å²) in [5.74, 6) is 0. The van der Waals surface area contributed by atoms with Gasteiger partial charge in [-0.25, -0.2) is 0 Å². The van der Waals surface area contributed by atoms with Gasteiger partial charge in [-0.2, -0.15) is 0 Å². The van der Waals surface area contributed by atoms with Gasteiger partial charge in [-0.05, 0) is 0 Å². The first kappa shape index (κ1) is 4.81. The summed E-state index contributed by atoms with van der Waals surface area (Å²) >= 11 is 0. The van der Waals surface area contributed by atoms with E-state index in [0.29, 0.717) is 6.42 Å². The zero-order valence-corrected chi connectivity index (χ0v) is 3.91. The van der Waals surface area contributed by atoms with Gasteiger partial charge < -0.3 is 10.2 Å². The zero-order chi connectivity index (χ0) is 5.28. The van der Waals surface area contributed by atoms with E-state index in [4.69, 9.17) is 10.2 Å². The average molecular weight is 100 g/mol. The van der Waals surface area contributed by atoms with Crippen LogP contribution < -0.4 is 0 Å². The monoisotopic (exact) mass is 100 g/mol. The van der Waals surface area contributed by atoms with Crippen LogP contribution in [0, 0.1) is 0 Å². The van der Waals surface area contributed by atoms with Gasteiger partial charge in [0.2, 0.25) is 0 Å². The maximum absolute atomic E-state index is 8.65. The number of hydrogen-bond donors (Lipinski definition) is 2. The van der Waals surface area contributed by atoms with Crippen LogP contribution in [-0.2, 0) is 0 Å². The van der Waals surface area contributed by atoms with E-state index >= 15 is 0 Å². The fourth-order valence-corrected chi connectivity index (χ4v) is 0.661. The Morgan fingerprint density at radius 3 is 1.71 bits per heavy atom. The molecule has 1 rings (SSSR count). The van der Waals surface area contributed by atoms with Gasteiger partial charge >= 0.3 is 0 Å². The molecule has 7 heavy (non-hydrogen) atoms. The molecular weight excluding hydrogens is 92.1 g/mol. The van der Waals surface area contributed by atoms with Gasteiger partial charge in [0, 0.05) is 6.42 Å². The molecule has 0 aliphatic heterocycles. The summed E-state index contributed by atoms with van der Waals surface area (Å²) in [5, 5.41) is 17.3. The van der Waals surface area contributed by atoms with E-state index in [-0.39, 0.29) is 0 Å². The average Bonchev–Trinajstić information content (AvgIpc) is 1.87. The normalized spacial score (nSPS) is 39.7. The largest absolute Gasteiger partial charge is 0.389 e. The molecule has 1 aliphatic rings. The highest BCUT2D eigenvalue weighted by atomic mass is 16.3. The molecule has 0 aromatic heterocycles. The molecular formula is C5H8O2. The molecule has 0 aromatic carbocycles. The zero-order valence-electron chi connectivity index (χ0n) is 3.91. The Morgan fingerprint density at radius 2 is 1.57 bits per heavy atom. The second kappa shape index (κ2) is 1.64. The third kappa shape index (κ3) is 1.01. The van der Waals surface area contributed by atoms with Crippen molar-refractivity contribution >= 4 is 0 Å². The molecule has 2 atom stereocenters. The van der Waals surface area contributed by atoms with Crippen LogP contribution in [0.3, 0.4) is 0 Å². The van der Waals surface area contributed by atoms with E-state index in [1.807, 2.05) is 0 Å². The maximum atomic E-state index is 8.65. The third-order valence-corrected chi connectivity index (χ3v) is 1.04. The molecule has 0 radical (unpaired) electrons. The van der Waals surface area contributed by atoms with Gasteiger partial charge in [0.15, 0.2) is 0 Å². The summed E-state index contributed by atoms with van der Waals surface area (Å²) in [5.41, 5.74) is 0. The summed E-state index contributed by atoms with van der Waals surface area (Å²) < 4.78 is 0. The fourth-order valence-electron chi connectivity index (χ4n) is 0.661. The van der Waals surface area contributed by atoms with E-state index in [9.17, 15) is 0 Å². The molecule has 0 saturated carbocycles. The number of hydrogen-bond acceptors (Lipinski definition) is 2. The number of rotatable bonds is 0. The lowest BCUT2D eigenvalue weighted by Crippen LogP contribution is -2.04. The Labute approximate surface area is 42.1 Å². The molecule has 0 saturated heterocycles. The quantitative estimate of drug-likeness (QED) is 0.409. The van der Waals surface area contributed by atoms with Crippen LogP contribution in [0.4, 0.5) is 0 Å². The van der Waals surface area contributed by atoms with E-state index in [0.717, 1.165) is 0 Å². The Kier molecular flexibility index (Phi) is 1.13. The number of aliphatic hydroxyl groups excluding tert-OH is 2. The summed E-state index contributed by atoms with van der Waals surface area (Å²) in [6.07, 6.45) is 2.86. The van der Waals surface area contributed by atoms with Gasteiger partial charge in [0.25, 0.3) is 0 Å². The van der Waals surface area contributed by atoms with E-state index in [1.54, 1.807) is 12.2 Å². The summed E-state index contributed by atoms with van der Waals surface area (Å²) in [6, 6.07) is 0. The highest BCUT2D eigenvalue weighted by Gasteiger charge is 2.11. The van der Waals surface area contributed by atoms with Crippen molar-refractivity contribution in [2.45, 2.75) is 18.6 Å². The highest BCUT2D eigenvalue weighted by Crippen LogP contribution is 2.08. The smallest absolute Gasteiger partial charge is 0.0749 e.